The van der Waals surface area contributed by atoms with Crippen molar-refractivity contribution in [2.45, 2.75) is 96.4 Å². The van der Waals surface area contributed by atoms with Gasteiger partial charge in [0.1, 0.15) is 11.6 Å². The van der Waals surface area contributed by atoms with Gasteiger partial charge >= 0.3 is 0 Å². The molecule has 2 N–H and O–H groups in total. The SMILES string of the molecule is CCC=CCC=CCC=CCC=CCC=CCC=CCCC(=O)N1CC[C@@H](NC(=O)C2=CN(C(=O)c3ccc(OCCCN4CCOCC4)cc3)CC(C)(C)c3c2[nH]c2cc(F)ccc32)C1. The average molecular weight is 900 g/mol. The van der Waals surface area contributed by atoms with Crippen molar-refractivity contribution in [3.8, 4) is 5.75 Å². The van der Waals surface area contributed by atoms with Crippen LogP contribution in [0.1, 0.15) is 107 Å². The van der Waals surface area contributed by atoms with Crippen LogP contribution < -0.4 is 10.1 Å². The molecule has 0 aliphatic carbocycles. The predicted molar refractivity (Wildman–Crippen MR) is 265 cm³/mol. The number of aromatic nitrogens is 1. The van der Waals surface area contributed by atoms with Crippen LogP contribution in [0.25, 0.3) is 16.5 Å². The summed E-state index contributed by atoms with van der Waals surface area (Å²) in [7, 11) is 0. The number of morpholine rings is 1. The van der Waals surface area contributed by atoms with Crippen molar-refractivity contribution in [1.29, 1.82) is 0 Å². The Morgan fingerprint density at radius 2 is 1.48 bits per heavy atom. The van der Waals surface area contributed by atoms with Crippen molar-refractivity contribution < 1.29 is 28.2 Å². The normalized spacial score (nSPS) is 18.2. The third-order valence-electron chi connectivity index (χ3n) is 12.2. The van der Waals surface area contributed by atoms with Crippen LogP contribution in [0, 0.1) is 5.82 Å². The maximum Gasteiger partial charge on any atom is 0.257 e. The molecule has 2 aromatic carbocycles. The number of fused-ring (bicyclic) bond motifs is 3. The monoisotopic (exact) mass is 900 g/mol. The number of amides is 3. The van der Waals surface area contributed by atoms with Gasteiger partial charge in [-0.1, -0.05) is 93.7 Å². The number of halogens is 1. The Hall–Kier alpha value is -5.78. The van der Waals surface area contributed by atoms with Crippen LogP contribution >= 0.6 is 0 Å². The predicted octanol–water partition coefficient (Wildman–Crippen LogP) is 10.4. The molecule has 2 fully saturated rings. The summed E-state index contributed by atoms with van der Waals surface area (Å²) >= 11 is 0. The zero-order chi connectivity index (χ0) is 46.6. The Kier molecular flexibility index (Phi) is 19.4. The lowest BCUT2D eigenvalue weighted by molar-refractivity contribution is -0.130. The lowest BCUT2D eigenvalue weighted by Crippen LogP contribution is -2.39. The number of nitrogens with one attached hydrogen (secondary N) is 2. The van der Waals surface area contributed by atoms with E-state index in [1.807, 2.05) is 30.9 Å². The van der Waals surface area contributed by atoms with Crippen molar-refractivity contribution in [3.63, 3.8) is 0 Å². The van der Waals surface area contributed by atoms with E-state index < -0.39 is 5.41 Å². The number of likely N-dealkylation sites (tertiary alicyclic amines) is 1. The summed E-state index contributed by atoms with van der Waals surface area (Å²) in [5.74, 6) is -0.256. The van der Waals surface area contributed by atoms with Gasteiger partial charge in [0.2, 0.25) is 5.91 Å². The van der Waals surface area contributed by atoms with Crippen LogP contribution in [0.5, 0.6) is 5.75 Å². The fourth-order valence-electron chi connectivity index (χ4n) is 8.68. The average Bonchev–Trinajstić information content (AvgIpc) is 3.92. The number of aromatic amines is 1. The largest absolute Gasteiger partial charge is 0.494 e. The molecule has 3 aliphatic heterocycles. The first-order valence-electron chi connectivity index (χ1n) is 24.0. The maximum absolute atomic E-state index is 14.5. The molecule has 6 rings (SSSR count). The van der Waals surface area contributed by atoms with E-state index >= 15 is 0 Å². The van der Waals surface area contributed by atoms with E-state index in [4.69, 9.17) is 9.47 Å². The molecule has 1 aromatic heterocycles. The highest BCUT2D eigenvalue weighted by Gasteiger charge is 2.38. The Morgan fingerprint density at radius 1 is 0.848 bits per heavy atom. The minimum absolute atomic E-state index is 0.0582. The molecule has 0 saturated carbocycles. The second kappa shape index (κ2) is 25.8. The number of rotatable bonds is 22. The van der Waals surface area contributed by atoms with E-state index in [2.05, 4.69) is 95.0 Å². The number of carbonyl (C=O) groups is 3. The Bertz CT molecular complexity index is 2280. The van der Waals surface area contributed by atoms with Crippen LogP contribution in [0.15, 0.2) is 122 Å². The minimum Gasteiger partial charge on any atom is -0.494 e. The Morgan fingerprint density at radius 3 is 2.14 bits per heavy atom. The first kappa shape index (κ1) is 49.6. The minimum atomic E-state index is -0.622. The lowest BCUT2D eigenvalue weighted by atomic mass is 9.81. The van der Waals surface area contributed by atoms with Gasteiger partial charge in [-0.3, -0.25) is 19.3 Å². The van der Waals surface area contributed by atoms with Gasteiger partial charge in [0.05, 0.1) is 31.1 Å². The first-order valence-corrected chi connectivity index (χ1v) is 24.0. The summed E-state index contributed by atoms with van der Waals surface area (Å²) in [5, 5.41) is 3.97. The third kappa shape index (κ3) is 14.9. The number of hydrogen-bond donors (Lipinski definition) is 2. The second-order valence-corrected chi connectivity index (χ2v) is 17.9. The summed E-state index contributed by atoms with van der Waals surface area (Å²) in [6, 6.07) is 11.5. The van der Waals surface area contributed by atoms with Gasteiger partial charge in [0, 0.05) is 79.8 Å². The zero-order valence-corrected chi connectivity index (χ0v) is 39.3. The van der Waals surface area contributed by atoms with Crippen molar-refractivity contribution >= 4 is 34.2 Å². The Labute approximate surface area is 391 Å². The number of allylic oxidation sites excluding steroid dienone is 12. The van der Waals surface area contributed by atoms with Gasteiger partial charge in [-0.05, 0) is 106 Å². The number of benzene rings is 2. The molecule has 4 heterocycles. The van der Waals surface area contributed by atoms with Gasteiger partial charge in [-0.15, -0.1) is 0 Å². The molecule has 352 valence electrons. The quantitative estimate of drug-likeness (QED) is 0.0768. The highest BCUT2D eigenvalue weighted by Crippen LogP contribution is 2.40. The van der Waals surface area contributed by atoms with Gasteiger partial charge in [0.25, 0.3) is 11.8 Å². The number of carbonyl (C=O) groups excluding carboxylic acids is 3. The van der Waals surface area contributed by atoms with Crippen LogP contribution in [0.3, 0.4) is 0 Å². The summed E-state index contributed by atoms with van der Waals surface area (Å²) in [4.78, 5) is 51.0. The summed E-state index contributed by atoms with van der Waals surface area (Å²) in [6.45, 7) is 12.4. The van der Waals surface area contributed by atoms with Crippen LogP contribution in [0.4, 0.5) is 4.39 Å². The third-order valence-corrected chi connectivity index (χ3v) is 12.2. The topological polar surface area (TPSA) is 107 Å². The van der Waals surface area contributed by atoms with Crippen molar-refractivity contribution in [2.24, 2.45) is 0 Å². The lowest BCUT2D eigenvalue weighted by Gasteiger charge is -2.29. The van der Waals surface area contributed by atoms with E-state index in [1.54, 1.807) is 29.3 Å². The van der Waals surface area contributed by atoms with E-state index in [0.29, 0.717) is 61.5 Å². The molecule has 66 heavy (non-hydrogen) atoms. The van der Waals surface area contributed by atoms with Crippen molar-refractivity contribution in [1.82, 2.24) is 25.0 Å². The molecule has 1 atom stereocenters. The highest BCUT2D eigenvalue weighted by molar-refractivity contribution is 6.21. The first-order chi connectivity index (χ1) is 32.1. The Balaban J connectivity index is 0.994. The summed E-state index contributed by atoms with van der Waals surface area (Å²) < 4.78 is 25.9. The molecule has 0 bridgehead atoms. The van der Waals surface area contributed by atoms with Gasteiger partial charge in [0.15, 0.2) is 0 Å². The maximum atomic E-state index is 14.5. The number of H-pyrrole nitrogens is 1. The molecule has 0 unspecified atom stereocenters. The molecular formula is C55H70FN5O5. The van der Waals surface area contributed by atoms with E-state index in [9.17, 15) is 18.8 Å². The molecule has 0 spiro atoms. The smallest absolute Gasteiger partial charge is 0.257 e. The van der Waals surface area contributed by atoms with E-state index in [1.165, 1.54) is 12.1 Å². The van der Waals surface area contributed by atoms with E-state index in [0.717, 1.165) is 88.7 Å². The molecule has 3 aliphatic rings. The standard InChI is InChI=1S/C55H70FN5O5/c1-4-5-6-7-8-9-10-11-12-13-14-15-16-17-18-19-20-21-22-24-50(62)60-33-31-45(40-60)57-53(63)48-41-61(42-55(2,3)51-47-30-27-44(56)39-49(47)58-52(48)51)54(64)43-25-28-46(29-26-43)66-36-23-32-59-34-37-65-38-35-59/h5-6,8-9,11-12,14-15,17-18,20-21,25-30,39,41,45,58H,4,7,10,13,16,19,22-24,31-38,40,42H2,1-3H3,(H,57,63)/t45-/m1/s1. The molecule has 3 aromatic rings. The molecule has 10 nitrogen and oxygen atoms in total. The molecular weight excluding hydrogens is 830 g/mol. The van der Waals surface area contributed by atoms with Crippen LogP contribution in [0.2, 0.25) is 0 Å². The van der Waals surface area contributed by atoms with Crippen LogP contribution in [-0.4, -0.2) is 103 Å². The number of ether oxygens (including phenoxy) is 2. The van der Waals surface area contributed by atoms with Gasteiger partial charge < -0.3 is 29.6 Å². The fourth-order valence-corrected chi connectivity index (χ4v) is 8.68. The molecule has 2 saturated heterocycles. The van der Waals surface area contributed by atoms with Gasteiger partial charge in [-0.25, -0.2) is 4.39 Å². The zero-order valence-electron chi connectivity index (χ0n) is 39.3. The summed E-state index contributed by atoms with van der Waals surface area (Å²) in [6.07, 6.45) is 35.9. The van der Waals surface area contributed by atoms with Crippen LogP contribution in [-0.2, 0) is 19.7 Å². The van der Waals surface area contributed by atoms with E-state index in [-0.39, 0.29) is 41.7 Å². The second-order valence-electron chi connectivity index (χ2n) is 17.9. The molecule has 11 heteroatoms. The van der Waals surface area contributed by atoms with Gasteiger partial charge in [-0.2, -0.15) is 0 Å². The fraction of sp³-hybridized carbons (Fsp3) is 0.436. The van der Waals surface area contributed by atoms with Crippen molar-refractivity contribution in [3.05, 3.63) is 144 Å². The number of hydrogen-bond acceptors (Lipinski definition) is 6. The summed E-state index contributed by atoms with van der Waals surface area (Å²) in [5.41, 5.74) is 2.10. The highest BCUT2D eigenvalue weighted by atomic mass is 19.1. The number of nitrogens with zero attached hydrogens (tertiary/aromatic N) is 3. The molecule has 0 radical (unpaired) electrons. The van der Waals surface area contributed by atoms with Crippen molar-refractivity contribution in [2.75, 3.05) is 59.1 Å². The molecule has 3 amide bonds.